The number of hydrogen-bond acceptors (Lipinski definition) is 4. The molecule has 0 saturated heterocycles. The highest BCUT2D eigenvalue weighted by Gasteiger charge is 2.12. The first-order valence-corrected chi connectivity index (χ1v) is 7.57. The Bertz CT molecular complexity index is 565. The molecule has 0 aliphatic heterocycles. The van der Waals surface area contributed by atoms with Crippen LogP contribution in [0.1, 0.15) is 29.7 Å². The van der Waals surface area contributed by atoms with Gasteiger partial charge in [-0.1, -0.05) is 6.07 Å². The van der Waals surface area contributed by atoms with E-state index in [1.165, 1.54) is 11.1 Å². The van der Waals surface area contributed by atoms with Gasteiger partial charge in [0, 0.05) is 24.2 Å². The maximum Gasteiger partial charge on any atom is 0.127 e. The number of methoxy groups -OCH3 is 2. The van der Waals surface area contributed by atoms with Crippen molar-refractivity contribution < 1.29 is 9.47 Å². The molecule has 0 saturated carbocycles. The first-order valence-electron chi connectivity index (χ1n) is 6.62. The van der Waals surface area contributed by atoms with Crippen LogP contribution in [-0.2, 0) is 6.54 Å². The zero-order valence-electron chi connectivity index (χ0n) is 12.4. The maximum atomic E-state index is 5.45. The second kappa shape index (κ2) is 6.77. The van der Waals surface area contributed by atoms with Crippen molar-refractivity contribution in [1.29, 1.82) is 0 Å². The summed E-state index contributed by atoms with van der Waals surface area (Å²) in [5, 5.41) is 7.91. The Morgan fingerprint density at radius 2 is 2.00 bits per heavy atom. The molecule has 0 fully saturated rings. The van der Waals surface area contributed by atoms with Crippen molar-refractivity contribution in [3.05, 3.63) is 45.6 Å². The third kappa shape index (κ3) is 3.32. The highest BCUT2D eigenvalue weighted by atomic mass is 32.1. The number of benzene rings is 1. The zero-order valence-corrected chi connectivity index (χ0v) is 13.2. The van der Waals surface area contributed by atoms with Gasteiger partial charge in [0.2, 0.25) is 0 Å². The van der Waals surface area contributed by atoms with Crippen LogP contribution in [0, 0.1) is 6.92 Å². The van der Waals surface area contributed by atoms with Gasteiger partial charge < -0.3 is 14.8 Å². The standard InChI is InChI=1S/C16H21NO2S/c1-11-9-20-10-13(11)8-17-12(2)15-6-5-14(18-3)7-16(15)19-4/h5-7,9-10,12,17H,8H2,1-4H3. The number of rotatable bonds is 6. The van der Waals surface area contributed by atoms with E-state index in [9.17, 15) is 0 Å². The van der Waals surface area contributed by atoms with E-state index in [0.29, 0.717) is 0 Å². The molecule has 0 spiro atoms. The molecule has 1 atom stereocenters. The molecule has 2 aromatic rings. The van der Waals surface area contributed by atoms with Crippen LogP contribution in [-0.4, -0.2) is 14.2 Å². The Labute approximate surface area is 124 Å². The summed E-state index contributed by atoms with van der Waals surface area (Å²) in [5.74, 6) is 1.66. The molecule has 3 nitrogen and oxygen atoms in total. The Balaban J connectivity index is 2.08. The van der Waals surface area contributed by atoms with Gasteiger partial charge in [-0.3, -0.25) is 0 Å². The summed E-state index contributed by atoms with van der Waals surface area (Å²) in [6.45, 7) is 5.16. The lowest BCUT2D eigenvalue weighted by Gasteiger charge is -2.18. The molecule has 1 heterocycles. The zero-order chi connectivity index (χ0) is 14.5. The van der Waals surface area contributed by atoms with Crippen molar-refractivity contribution in [3.63, 3.8) is 0 Å². The third-order valence-corrected chi connectivity index (χ3v) is 4.38. The highest BCUT2D eigenvalue weighted by molar-refractivity contribution is 7.08. The minimum Gasteiger partial charge on any atom is -0.497 e. The molecular formula is C16H21NO2S. The SMILES string of the molecule is COc1ccc(C(C)NCc2cscc2C)c(OC)c1. The molecule has 0 amide bonds. The maximum absolute atomic E-state index is 5.45. The summed E-state index contributed by atoms with van der Waals surface area (Å²) in [4.78, 5) is 0. The van der Waals surface area contributed by atoms with Crippen LogP contribution in [0.5, 0.6) is 11.5 Å². The van der Waals surface area contributed by atoms with E-state index in [2.05, 4.69) is 36.0 Å². The van der Waals surface area contributed by atoms with E-state index < -0.39 is 0 Å². The van der Waals surface area contributed by atoms with Crippen molar-refractivity contribution in [2.24, 2.45) is 0 Å². The fraction of sp³-hybridized carbons (Fsp3) is 0.375. The predicted octanol–water partition coefficient (Wildman–Crippen LogP) is 3.92. The van der Waals surface area contributed by atoms with Crippen molar-refractivity contribution >= 4 is 11.3 Å². The summed E-state index contributed by atoms with van der Waals surface area (Å²) in [5.41, 5.74) is 3.84. The summed E-state index contributed by atoms with van der Waals surface area (Å²) in [7, 11) is 3.35. The molecule has 20 heavy (non-hydrogen) atoms. The molecule has 1 aromatic heterocycles. The van der Waals surface area contributed by atoms with Crippen molar-refractivity contribution in [2.45, 2.75) is 26.4 Å². The van der Waals surface area contributed by atoms with Crippen molar-refractivity contribution in [2.75, 3.05) is 14.2 Å². The summed E-state index contributed by atoms with van der Waals surface area (Å²) >= 11 is 1.75. The van der Waals surface area contributed by atoms with E-state index in [1.54, 1.807) is 25.6 Å². The lowest BCUT2D eigenvalue weighted by molar-refractivity contribution is 0.386. The lowest BCUT2D eigenvalue weighted by atomic mass is 10.1. The predicted molar refractivity (Wildman–Crippen MR) is 83.9 cm³/mol. The van der Waals surface area contributed by atoms with E-state index in [0.717, 1.165) is 23.6 Å². The first-order chi connectivity index (χ1) is 9.65. The van der Waals surface area contributed by atoms with Crippen molar-refractivity contribution in [3.8, 4) is 11.5 Å². The molecule has 0 aliphatic carbocycles. The van der Waals surface area contributed by atoms with Gasteiger partial charge in [0.05, 0.1) is 14.2 Å². The molecule has 0 radical (unpaired) electrons. The van der Waals surface area contributed by atoms with Gasteiger partial charge in [-0.2, -0.15) is 11.3 Å². The van der Waals surface area contributed by atoms with E-state index in [4.69, 9.17) is 9.47 Å². The Kier molecular flexibility index (Phi) is 5.04. The molecule has 1 aromatic carbocycles. The average molecular weight is 291 g/mol. The van der Waals surface area contributed by atoms with Crippen LogP contribution in [0.3, 0.4) is 0 Å². The summed E-state index contributed by atoms with van der Waals surface area (Å²) in [6.07, 6.45) is 0. The number of ether oxygens (including phenoxy) is 2. The second-order valence-electron chi connectivity index (χ2n) is 4.79. The summed E-state index contributed by atoms with van der Waals surface area (Å²) in [6, 6.07) is 6.15. The van der Waals surface area contributed by atoms with Crippen LogP contribution >= 0.6 is 11.3 Å². The largest absolute Gasteiger partial charge is 0.497 e. The number of hydrogen-bond donors (Lipinski definition) is 1. The van der Waals surface area contributed by atoms with Crippen LogP contribution < -0.4 is 14.8 Å². The molecule has 2 rings (SSSR count). The molecule has 1 N–H and O–H groups in total. The number of thiophene rings is 1. The van der Waals surface area contributed by atoms with Gasteiger partial charge in [0.1, 0.15) is 11.5 Å². The molecule has 4 heteroatoms. The van der Waals surface area contributed by atoms with Gasteiger partial charge in [-0.05, 0) is 41.8 Å². The Morgan fingerprint density at radius 3 is 2.60 bits per heavy atom. The third-order valence-electron chi connectivity index (χ3n) is 3.47. The normalized spacial score (nSPS) is 12.2. The van der Waals surface area contributed by atoms with Crippen LogP contribution in [0.4, 0.5) is 0 Å². The fourth-order valence-electron chi connectivity index (χ4n) is 2.12. The van der Waals surface area contributed by atoms with Crippen LogP contribution in [0.15, 0.2) is 29.0 Å². The minimum atomic E-state index is 0.218. The van der Waals surface area contributed by atoms with E-state index in [1.807, 2.05) is 12.1 Å². The monoisotopic (exact) mass is 291 g/mol. The number of aryl methyl sites for hydroxylation is 1. The highest BCUT2D eigenvalue weighted by Crippen LogP contribution is 2.29. The van der Waals surface area contributed by atoms with Crippen LogP contribution in [0.25, 0.3) is 0 Å². The topological polar surface area (TPSA) is 30.5 Å². The quantitative estimate of drug-likeness (QED) is 0.875. The fourth-order valence-corrected chi connectivity index (χ4v) is 2.97. The number of nitrogens with one attached hydrogen (secondary N) is 1. The molecule has 1 unspecified atom stereocenters. The molecule has 0 aliphatic rings. The van der Waals surface area contributed by atoms with E-state index >= 15 is 0 Å². The summed E-state index contributed by atoms with van der Waals surface area (Å²) < 4.78 is 10.7. The van der Waals surface area contributed by atoms with E-state index in [-0.39, 0.29) is 6.04 Å². The molecule has 0 bridgehead atoms. The van der Waals surface area contributed by atoms with Gasteiger partial charge in [0.15, 0.2) is 0 Å². The smallest absolute Gasteiger partial charge is 0.127 e. The molecule has 108 valence electrons. The average Bonchev–Trinajstić information content (AvgIpc) is 2.89. The Morgan fingerprint density at radius 1 is 1.20 bits per heavy atom. The minimum absolute atomic E-state index is 0.218. The Hall–Kier alpha value is -1.52. The first kappa shape index (κ1) is 14.9. The van der Waals surface area contributed by atoms with Gasteiger partial charge in [-0.15, -0.1) is 0 Å². The van der Waals surface area contributed by atoms with Gasteiger partial charge in [-0.25, -0.2) is 0 Å². The van der Waals surface area contributed by atoms with Crippen LogP contribution in [0.2, 0.25) is 0 Å². The second-order valence-corrected chi connectivity index (χ2v) is 5.53. The molecular weight excluding hydrogens is 270 g/mol. The van der Waals surface area contributed by atoms with Gasteiger partial charge >= 0.3 is 0 Å². The van der Waals surface area contributed by atoms with Crippen molar-refractivity contribution in [1.82, 2.24) is 5.32 Å². The van der Waals surface area contributed by atoms with Gasteiger partial charge in [0.25, 0.3) is 0 Å². The lowest BCUT2D eigenvalue weighted by Crippen LogP contribution is -2.18.